The van der Waals surface area contributed by atoms with Crippen molar-refractivity contribution >= 4 is 23.3 Å². The normalized spacial score (nSPS) is 11.2. The van der Waals surface area contributed by atoms with E-state index in [-0.39, 0.29) is 24.2 Å². The van der Waals surface area contributed by atoms with Gasteiger partial charge in [0.25, 0.3) is 5.56 Å². The van der Waals surface area contributed by atoms with Crippen LogP contribution in [0.3, 0.4) is 0 Å². The van der Waals surface area contributed by atoms with Gasteiger partial charge >= 0.3 is 5.97 Å². The fourth-order valence-electron chi connectivity index (χ4n) is 2.59. The van der Waals surface area contributed by atoms with Gasteiger partial charge in [0.15, 0.2) is 0 Å². The summed E-state index contributed by atoms with van der Waals surface area (Å²) in [5.74, 6) is 0.0235. The highest BCUT2D eigenvalue weighted by atomic mass is 35.5. The van der Waals surface area contributed by atoms with Gasteiger partial charge < -0.3 is 9.30 Å². The van der Waals surface area contributed by atoms with Gasteiger partial charge in [-0.1, -0.05) is 23.7 Å². The van der Waals surface area contributed by atoms with Crippen LogP contribution in [0.25, 0.3) is 17.0 Å². The van der Waals surface area contributed by atoms with E-state index in [9.17, 15) is 9.59 Å². The smallest absolute Gasteiger partial charge is 0.326 e. The molecule has 25 heavy (non-hydrogen) atoms. The van der Waals surface area contributed by atoms with Crippen LogP contribution in [0.5, 0.6) is 0 Å². The quantitative estimate of drug-likeness (QED) is 0.671. The van der Waals surface area contributed by atoms with Gasteiger partial charge in [-0.05, 0) is 32.9 Å². The number of aryl methyl sites for hydroxylation is 1. The lowest BCUT2D eigenvalue weighted by atomic mass is 10.2. The minimum Gasteiger partial charge on any atom is -0.462 e. The number of ether oxygens (including phenoxy) is 1. The number of halogens is 1. The first-order chi connectivity index (χ1) is 11.8. The zero-order valence-corrected chi connectivity index (χ0v) is 14.9. The lowest BCUT2D eigenvalue weighted by Crippen LogP contribution is -2.24. The summed E-state index contributed by atoms with van der Waals surface area (Å²) in [5, 5.41) is 0.624. The summed E-state index contributed by atoms with van der Waals surface area (Å²) in [7, 11) is 0. The minimum atomic E-state index is -0.375. The predicted octanol–water partition coefficient (Wildman–Crippen LogP) is 3.08. The average Bonchev–Trinajstić information content (AvgIpc) is 2.97. The topological polar surface area (TPSA) is 65.6 Å². The molecule has 0 atom stereocenters. The van der Waals surface area contributed by atoms with E-state index in [2.05, 4.69) is 4.98 Å². The van der Waals surface area contributed by atoms with Crippen LogP contribution in [-0.4, -0.2) is 26.0 Å². The maximum absolute atomic E-state index is 12.3. The Hall–Kier alpha value is -2.60. The van der Waals surface area contributed by atoms with Crippen LogP contribution in [0.2, 0.25) is 5.02 Å². The zero-order chi connectivity index (χ0) is 18.1. The van der Waals surface area contributed by atoms with E-state index < -0.39 is 0 Å². The van der Waals surface area contributed by atoms with Crippen molar-refractivity contribution in [1.29, 1.82) is 0 Å². The Bertz CT molecular complexity index is 987. The number of esters is 1. The summed E-state index contributed by atoms with van der Waals surface area (Å²) in [6.45, 7) is 5.34. The van der Waals surface area contributed by atoms with Gasteiger partial charge in [0, 0.05) is 28.5 Å². The van der Waals surface area contributed by atoms with E-state index in [0.29, 0.717) is 22.2 Å². The van der Waals surface area contributed by atoms with E-state index in [4.69, 9.17) is 16.3 Å². The lowest BCUT2D eigenvalue weighted by Gasteiger charge is -2.13. The SMILES string of the molecule is Cc1cc(=O)n2cc(-c3ccc(Cl)cc3)nc2n1CC(=O)OC(C)C. The Kier molecular flexibility index (Phi) is 4.63. The third kappa shape index (κ3) is 3.58. The number of nitrogens with zero attached hydrogens (tertiary/aromatic N) is 3. The Morgan fingerprint density at radius 3 is 2.60 bits per heavy atom. The molecule has 130 valence electrons. The molecule has 0 aliphatic heterocycles. The van der Waals surface area contributed by atoms with Crippen molar-refractivity contribution < 1.29 is 9.53 Å². The molecule has 0 saturated carbocycles. The summed E-state index contributed by atoms with van der Waals surface area (Å²) >= 11 is 5.92. The molecule has 0 aliphatic carbocycles. The first-order valence-corrected chi connectivity index (χ1v) is 8.28. The lowest BCUT2D eigenvalue weighted by molar-refractivity contribution is -0.148. The molecular weight excluding hydrogens is 342 g/mol. The highest BCUT2D eigenvalue weighted by Gasteiger charge is 2.15. The van der Waals surface area contributed by atoms with Crippen LogP contribution in [-0.2, 0) is 16.1 Å². The molecule has 0 radical (unpaired) electrons. The van der Waals surface area contributed by atoms with Crippen LogP contribution in [0, 0.1) is 6.92 Å². The molecule has 7 heteroatoms. The first kappa shape index (κ1) is 17.2. The second-order valence-electron chi connectivity index (χ2n) is 6.05. The highest BCUT2D eigenvalue weighted by molar-refractivity contribution is 6.30. The number of imidazole rings is 1. The first-order valence-electron chi connectivity index (χ1n) is 7.90. The van der Waals surface area contributed by atoms with Gasteiger partial charge in [0.1, 0.15) is 6.54 Å². The van der Waals surface area contributed by atoms with E-state index in [1.165, 1.54) is 10.5 Å². The van der Waals surface area contributed by atoms with Gasteiger partial charge in [0.05, 0.1) is 11.8 Å². The Balaban J connectivity index is 2.09. The molecule has 0 unspecified atom stereocenters. The summed E-state index contributed by atoms with van der Waals surface area (Å²) < 4.78 is 8.31. The minimum absolute atomic E-state index is 0.00906. The Morgan fingerprint density at radius 2 is 1.96 bits per heavy atom. The molecular formula is C18H18ClN3O3. The van der Waals surface area contributed by atoms with E-state index in [1.54, 1.807) is 43.7 Å². The number of hydrogen-bond acceptors (Lipinski definition) is 4. The van der Waals surface area contributed by atoms with Gasteiger partial charge in [-0.25, -0.2) is 4.98 Å². The number of rotatable bonds is 4. The maximum Gasteiger partial charge on any atom is 0.326 e. The van der Waals surface area contributed by atoms with Crippen molar-refractivity contribution in [3.63, 3.8) is 0 Å². The molecule has 1 aromatic carbocycles. The van der Waals surface area contributed by atoms with Crippen LogP contribution in [0.4, 0.5) is 0 Å². The molecule has 0 saturated heterocycles. The maximum atomic E-state index is 12.3. The summed E-state index contributed by atoms with van der Waals surface area (Å²) in [6.07, 6.45) is 1.46. The highest BCUT2D eigenvalue weighted by Crippen LogP contribution is 2.21. The number of carbonyl (C=O) groups is 1. The standard InChI is InChI=1S/C18H18ClN3O3/c1-11(2)25-17(24)10-21-12(3)8-16(23)22-9-15(20-18(21)22)13-4-6-14(19)7-5-13/h4-9,11H,10H2,1-3H3. The Labute approximate surface area is 149 Å². The van der Waals surface area contributed by atoms with Crippen LogP contribution >= 0.6 is 11.6 Å². The van der Waals surface area contributed by atoms with Crippen molar-refractivity contribution in [1.82, 2.24) is 14.0 Å². The number of aromatic nitrogens is 3. The molecule has 0 aliphatic rings. The van der Waals surface area contributed by atoms with Crippen molar-refractivity contribution in [3.8, 4) is 11.3 Å². The van der Waals surface area contributed by atoms with E-state index in [0.717, 1.165) is 5.56 Å². The predicted molar refractivity (Wildman–Crippen MR) is 95.9 cm³/mol. The van der Waals surface area contributed by atoms with Crippen molar-refractivity contribution in [2.45, 2.75) is 33.4 Å². The molecule has 3 aromatic rings. The summed E-state index contributed by atoms with van der Waals surface area (Å²) in [5.41, 5.74) is 1.91. The molecule has 2 heterocycles. The number of benzene rings is 1. The molecule has 0 fully saturated rings. The van der Waals surface area contributed by atoms with E-state index in [1.807, 2.05) is 12.1 Å². The van der Waals surface area contributed by atoms with Crippen LogP contribution in [0.15, 0.2) is 41.3 Å². The van der Waals surface area contributed by atoms with Crippen LogP contribution in [0.1, 0.15) is 19.5 Å². The third-order valence-electron chi connectivity index (χ3n) is 3.72. The molecule has 0 amide bonds. The zero-order valence-electron chi connectivity index (χ0n) is 14.2. The van der Waals surface area contributed by atoms with Gasteiger partial charge in [-0.15, -0.1) is 0 Å². The summed E-state index contributed by atoms with van der Waals surface area (Å²) in [6, 6.07) is 8.66. The molecule has 0 bridgehead atoms. The third-order valence-corrected chi connectivity index (χ3v) is 3.97. The second-order valence-corrected chi connectivity index (χ2v) is 6.49. The fourth-order valence-corrected chi connectivity index (χ4v) is 2.72. The Morgan fingerprint density at radius 1 is 1.28 bits per heavy atom. The van der Waals surface area contributed by atoms with Crippen LogP contribution < -0.4 is 5.56 Å². The van der Waals surface area contributed by atoms with Gasteiger partial charge in [-0.3, -0.25) is 14.0 Å². The molecule has 2 aromatic heterocycles. The van der Waals surface area contributed by atoms with Gasteiger partial charge in [0.2, 0.25) is 5.78 Å². The van der Waals surface area contributed by atoms with Gasteiger partial charge in [-0.2, -0.15) is 0 Å². The molecule has 0 spiro atoms. The second kappa shape index (κ2) is 6.72. The molecule has 3 rings (SSSR count). The molecule has 6 nitrogen and oxygen atoms in total. The number of hydrogen-bond donors (Lipinski definition) is 0. The fraction of sp³-hybridized carbons (Fsp3) is 0.278. The summed E-state index contributed by atoms with van der Waals surface area (Å²) in [4.78, 5) is 28.9. The monoisotopic (exact) mass is 359 g/mol. The number of fused-ring (bicyclic) bond motifs is 1. The number of carbonyl (C=O) groups excluding carboxylic acids is 1. The van der Waals surface area contributed by atoms with Crippen molar-refractivity contribution in [3.05, 3.63) is 57.6 Å². The largest absolute Gasteiger partial charge is 0.462 e. The van der Waals surface area contributed by atoms with E-state index >= 15 is 0 Å². The molecule has 0 N–H and O–H groups in total. The van der Waals surface area contributed by atoms with Crippen molar-refractivity contribution in [2.24, 2.45) is 0 Å². The van der Waals surface area contributed by atoms with Crippen molar-refractivity contribution in [2.75, 3.05) is 0 Å². The average molecular weight is 360 g/mol.